The van der Waals surface area contributed by atoms with Crippen LogP contribution in [0.4, 0.5) is 4.39 Å². The molecule has 1 saturated heterocycles. The van der Waals surface area contributed by atoms with Crippen molar-refractivity contribution < 1.29 is 28.2 Å². The average molecular weight is 478 g/mol. The van der Waals surface area contributed by atoms with Crippen LogP contribution in [0.5, 0.6) is 0 Å². The Morgan fingerprint density at radius 2 is 1.77 bits per heavy atom. The van der Waals surface area contributed by atoms with E-state index in [1.54, 1.807) is 37.3 Å². The summed E-state index contributed by atoms with van der Waals surface area (Å²) in [5.41, 5.74) is 0.690. The monoisotopic (exact) mass is 478 g/mol. The van der Waals surface area contributed by atoms with Crippen molar-refractivity contribution in [3.63, 3.8) is 0 Å². The van der Waals surface area contributed by atoms with Crippen LogP contribution in [0.25, 0.3) is 11.1 Å². The largest absolute Gasteiger partial charge is 0.465 e. The predicted octanol–water partition coefficient (Wildman–Crippen LogP) is 2.45. The SMILES string of the molecule is COC(=O)c1c(F)cccc1-c1ccc([C@@H](C)NC(=O)C2(NC(=O)c3cncnc3)COC2)cc1. The Morgan fingerprint density at radius 1 is 1.09 bits per heavy atom. The number of rotatable bonds is 7. The van der Waals surface area contributed by atoms with E-state index in [4.69, 9.17) is 9.47 Å². The number of ether oxygens (including phenoxy) is 2. The second-order valence-corrected chi connectivity index (χ2v) is 8.13. The van der Waals surface area contributed by atoms with Gasteiger partial charge in [0.25, 0.3) is 11.8 Å². The Bertz CT molecular complexity index is 1250. The van der Waals surface area contributed by atoms with Crippen LogP contribution in [0.2, 0.25) is 0 Å². The predicted molar refractivity (Wildman–Crippen MR) is 123 cm³/mol. The van der Waals surface area contributed by atoms with Crippen LogP contribution in [-0.4, -0.2) is 53.6 Å². The van der Waals surface area contributed by atoms with Crippen molar-refractivity contribution in [2.24, 2.45) is 0 Å². The Kier molecular flexibility index (Phi) is 6.83. The lowest BCUT2D eigenvalue weighted by molar-refractivity contribution is -0.147. The molecule has 3 aromatic rings. The number of hydrogen-bond acceptors (Lipinski definition) is 7. The molecule has 35 heavy (non-hydrogen) atoms. The van der Waals surface area contributed by atoms with Crippen LogP contribution >= 0.6 is 0 Å². The third kappa shape index (κ3) is 4.87. The molecule has 1 aliphatic heterocycles. The smallest absolute Gasteiger partial charge is 0.341 e. The summed E-state index contributed by atoms with van der Waals surface area (Å²) in [5.74, 6) is -2.29. The Hall–Kier alpha value is -4.18. The first-order valence-corrected chi connectivity index (χ1v) is 10.8. The van der Waals surface area contributed by atoms with Crippen LogP contribution in [0.3, 0.4) is 0 Å². The molecule has 0 unspecified atom stereocenters. The van der Waals surface area contributed by atoms with Gasteiger partial charge >= 0.3 is 5.97 Å². The van der Waals surface area contributed by atoms with E-state index in [2.05, 4.69) is 20.6 Å². The number of halogens is 1. The maximum Gasteiger partial charge on any atom is 0.341 e. The van der Waals surface area contributed by atoms with E-state index in [1.807, 2.05) is 0 Å². The van der Waals surface area contributed by atoms with Crippen LogP contribution in [0, 0.1) is 5.82 Å². The molecule has 2 N–H and O–H groups in total. The lowest BCUT2D eigenvalue weighted by atomic mass is 9.94. The average Bonchev–Trinajstić information content (AvgIpc) is 2.86. The molecular formula is C25H23FN4O5. The number of nitrogens with one attached hydrogen (secondary N) is 2. The number of aromatic nitrogens is 2. The second kappa shape index (κ2) is 9.98. The minimum Gasteiger partial charge on any atom is -0.465 e. The van der Waals surface area contributed by atoms with E-state index in [9.17, 15) is 18.8 Å². The molecule has 1 aliphatic rings. The van der Waals surface area contributed by atoms with Gasteiger partial charge in [0.15, 0.2) is 5.54 Å². The van der Waals surface area contributed by atoms with Crippen LogP contribution in [-0.2, 0) is 14.3 Å². The van der Waals surface area contributed by atoms with Crippen molar-refractivity contribution in [2.75, 3.05) is 20.3 Å². The zero-order valence-corrected chi connectivity index (χ0v) is 19.1. The fourth-order valence-corrected chi connectivity index (χ4v) is 3.72. The van der Waals surface area contributed by atoms with Crippen LogP contribution in [0.1, 0.15) is 39.2 Å². The molecule has 1 fully saturated rings. The molecule has 180 valence electrons. The third-order valence-corrected chi connectivity index (χ3v) is 5.78. The maximum atomic E-state index is 14.3. The molecule has 2 amide bonds. The number of carbonyl (C=O) groups is 3. The van der Waals surface area contributed by atoms with E-state index in [-0.39, 0.29) is 30.2 Å². The number of nitrogens with zero attached hydrogens (tertiary/aromatic N) is 2. The molecule has 0 spiro atoms. The number of benzene rings is 2. The zero-order chi connectivity index (χ0) is 25.0. The number of hydrogen-bond donors (Lipinski definition) is 2. The molecule has 9 nitrogen and oxygen atoms in total. The number of amides is 2. The van der Waals surface area contributed by atoms with Gasteiger partial charge in [0.05, 0.1) is 31.9 Å². The van der Waals surface area contributed by atoms with Crippen LogP contribution < -0.4 is 10.6 Å². The van der Waals surface area contributed by atoms with Gasteiger partial charge in [-0.05, 0) is 29.7 Å². The molecule has 0 aliphatic carbocycles. The summed E-state index contributed by atoms with van der Waals surface area (Å²) in [4.78, 5) is 45.3. The van der Waals surface area contributed by atoms with Gasteiger partial charge < -0.3 is 20.1 Å². The normalized spacial score (nSPS) is 14.8. The highest BCUT2D eigenvalue weighted by Gasteiger charge is 2.47. The summed E-state index contributed by atoms with van der Waals surface area (Å²) in [6.07, 6.45) is 4.03. The topological polar surface area (TPSA) is 120 Å². The van der Waals surface area contributed by atoms with E-state index in [0.29, 0.717) is 11.1 Å². The van der Waals surface area contributed by atoms with Gasteiger partial charge in [0, 0.05) is 12.4 Å². The van der Waals surface area contributed by atoms with Crippen molar-refractivity contribution in [1.29, 1.82) is 0 Å². The van der Waals surface area contributed by atoms with E-state index in [0.717, 1.165) is 5.56 Å². The van der Waals surface area contributed by atoms with Crippen molar-refractivity contribution in [1.82, 2.24) is 20.6 Å². The van der Waals surface area contributed by atoms with Gasteiger partial charge in [0.2, 0.25) is 0 Å². The van der Waals surface area contributed by atoms with Gasteiger partial charge in [-0.1, -0.05) is 36.4 Å². The van der Waals surface area contributed by atoms with Crippen molar-refractivity contribution in [2.45, 2.75) is 18.5 Å². The van der Waals surface area contributed by atoms with Crippen molar-refractivity contribution in [3.8, 4) is 11.1 Å². The molecule has 0 bridgehead atoms. The first-order chi connectivity index (χ1) is 16.8. The first-order valence-electron chi connectivity index (χ1n) is 10.8. The molecule has 0 radical (unpaired) electrons. The Morgan fingerprint density at radius 3 is 2.37 bits per heavy atom. The molecule has 2 aromatic carbocycles. The molecule has 10 heteroatoms. The Labute approximate surface area is 200 Å². The quantitative estimate of drug-likeness (QED) is 0.501. The molecule has 0 saturated carbocycles. The standard InChI is InChI=1S/C25H23FN4O5/c1-15(29-24(33)25(12-35-13-25)30-22(31)18-10-27-14-28-11-18)16-6-8-17(9-7-16)19-4-3-5-20(26)21(19)23(32)34-2/h3-11,14-15H,12-13H2,1-2H3,(H,29,33)(H,30,31)/t15-/m1/s1. The zero-order valence-electron chi connectivity index (χ0n) is 19.1. The van der Waals surface area contributed by atoms with Crippen LogP contribution in [0.15, 0.2) is 61.2 Å². The highest BCUT2D eigenvalue weighted by atomic mass is 19.1. The minimum atomic E-state index is -1.20. The fraction of sp³-hybridized carbons (Fsp3) is 0.240. The van der Waals surface area contributed by atoms with Crippen molar-refractivity contribution >= 4 is 17.8 Å². The summed E-state index contributed by atoms with van der Waals surface area (Å²) in [6, 6.07) is 11.0. The van der Waals surface area contributed by atoms with Crippen molar-refractivity contribution in [3.05, 3.63) is 83.7 Å². The molecule has 2 heterocycles. The van der Waals surface area contributed by atoms with Gasteiger partial charge in [-0.2, -0.15) is 0 Å². The summed E-state index contributed by atoms with van der Waals surface area (Å²) >= 11 is 0. The van der Waals surface area contributed by atoms with Gasteiger partial charge in [0.1, 0.15) is 17.7 Å². The number of esters is 1. The fourth-order valence-electron chi connectivity index (χ4n) is 3.72. The second-order valence-electron chi connectivity index (χ2n) is 8.13. The molecule has 4 rings (SSSR count). The first kappa shape index (κ1) is 24.0. The van der Waals surface area contributed by atoms with E-state index >= 15 is 0 Å². The minimum absolute atomic E-state index is 0.0415. The summed E-state index contributed by atoms with van der Waals surface area (Å²) in [6.45, 7) is 1.88. The lowest BCUT2D eigenvalue weighted by Crippen LogP contribution is -2.70. The molecule has 1 atom stereocenters. The Balaban J connectivity index is 1.47. The van der Waals surface area contributed by atoms with Gasteiger partial charge in [-0.15, -0.1) is 0 Å². The molecular weight excluding hydrogens is 455 g/mol. The number of methoxy groups -OCH3 is 1. The lowest BCUT2D eigenvalue weighted by Gasteiger charge is -2.40. The van der Waals surface area contributed by atoms with E-state index < -0.39 is 29.3 Å². The number of carbonyl (C=O) groups excluding carboxylic acids is 3. The summed E-state index contributed by atoms with van der Waals surface area (Å²) in [7, 11) is 1.20. The van der Waals surface area contributed by atoms with E-state index in [1.165, 1.54) is 38.0 Å². The van der Waals surface area contributed by atoms with Gasteiger partial charge in [-0.3, -0.25) is 9.59 Å². The third-order valence-electron chi connectivity index (χ3n) is 5.78. The summed E-state index contributed by atoms with van der Waals surface area (Å²) < 4.78 is 24.2. The highest BCUT2D eigenvalue weighted by Crippen LogP contribution is 2.28. The maximum absolute atomic E-state index is 14.3. The van der Waals surface area contributed by atoms with Gasteiger partial charge in [-0.25, -0.2) is 19.2 Å². The molecule has 1 aromatic heterocycles. The highest BCUT2D eigenvalue weighted by molar-refractivity contribution is 5.99. The summed E-state index contributed by atoms with van der Waals surface area (Å²) in [5, 5.41) is 5.63.